The molecule has 10 aromatic rings. The van der Waals surface area contributed by atoms with Gasteiger partial charge in [0.05, 0.1) is 16.6 Å². The van der Waals surface area contributed by atoms with Crippen LogP contribution in [0, 0.1) is 0 Å². The standard InChI is InChI=1S/C49H35N3/c1-50-46-18-10-8-16-42(46)44-30-29-41(33-49(44)50)51(39-25-20-35(21-26-39)34-12-4-2-5-13-34)40-27-22-36(23-28-40)37-24-31-48-45(32-37)43-17-9-11-19-47(43)52(48)38-14-6-3-7-15-38/h2-33H,1H3. The van der Waals surface area contributed by atoms with Gasteiger partial charge in [-0.25, -0.2) is 0 Å². The third kappa shape index (κ3) is 4.90. The van der Waals surface area contributed by atoms with Crippen LogP contribution in [-0.4, -0.2) is 9.13 Å². The van der Waals surface area contributed by atoms with Crippen LogP contribution >= 0.6 is 0 Å². The molecule has 10 rings (SSSR count). The molecule has 0 saturated heterocycles. The average molecular weight is 666 g/mol. The monoisotopic (exact) mass is 665 g/mol. The summed E-state index contributed by atoms with van der Waals surface area (Å²) in [7, 11) is 2.16. The molecule has 52 heavy (non-hydrogen) atoms. The number of aromatic nitrogens is 2. The summed E-state index contributed by atoms with van der Waals surface area (Å²) in [5.41, 5.74) is 14.2. The van der Waals surface area contributed by atoms with E-state index in [4.69, 9.17) is 0 Å². The van der Waals surface area contributed by atoms with E-state index in [0.717, 1.165) is 17.1 Å². The minimum absolute atomic E-state index is 1.11. The summed E-state index contributed by atoms with van der Waals surface area (Å²) in [6, 6.07) is 70.2. The van der Waals surface area contributed by atoms with E-state index in [1.165, 1.54) is 71.6 Å². The molecule has 0 unspecified atom stereocenters. The highest BCUT2D eigenvalue weighted by Gasteiger charge is 2.17. The van der Waals surface area contributed by atoms with Gasteiger partial charge in [-0.2, -0.15) is 0 Å². The Morgan fingerprint density at radius 2 is 0.808 bits per heavy atom. The Bertz CT molecular complexity index is 2880. The van der Waals surface area contributed by atoms with Crippen LogP contribution in [0.15, 0.2) is 194 Å². The second-order valence-corrected chi connectivity index (χ2v) is 13.5. The molecule has 0 aliphatic heterocycles. The maximum Gasteiger partial charge on any atom is 0.0541 e. The van der Waals surface area contributed by atoms with Crippen molar-refractivity contribution >= 4 is 60.7 Å². The lowest BCUT2D eigenvalue weighted by Gasteiger charge is -2.26. The zero-order valence-corrected chi connectivity index (χ0v) is 28.8. The number of nitrogens with zero attached hydrogens (tertiary/aromatic N) is 3. The maximum absolute atomic E-state index is 2.37. The van der Waals surface area contributed by atoms with Gasteiger partial charge in [0.25, 0.3) is 0 Å². The number of hydrogen-bond donors (Lipinski definition) is 0. The van der Waals surface area contributed by atoms with Crippen LogP contribution in [0.4, 0.5) is 17.1 Å². The predicted molar refractivity (Wildman–Crippen MR) is 220 cm³/mol. The number of anilines is 3. The Labute approximate surface area is 302 Å². The molecule has 0 amide bonds. The van der Waals surface area contributed by atoms with Crippen molar-refractivity contribution in [2.75, 3.05) is 4.90 Å². The highest BCUT2D eigenvalue weighted by atomic mass is 15.1. The van der Waals surface area contributed by atoms with Crippen molar-refractivity contribution in [3.05, 3.63) is 194 Å². The van der Waals surface area contributed by atoms with E-state index in [-0.39, 0.29) is 0 Å². The van der Waals surface area contributed by atoms with E-state index in [1.807, 2.05) is 0 Å². The van der Waals surface area contributed by atoms with E-state index in [9.17, 15) is 0 Å². The van der Waals surface area contributed by atoms with Gasteiger partial charge in [0.1, 0.15) is 0 Å². The minimum atomic E-state index is 1.11. The molecular weight excluding hydrogens is 631 g/mol. The Hall–Kier alpha value is -6.84. The van der Waals surface area contributed by atoms with Crippen LogP contribution in [0.25, 0.3) is 71.6 Å². The number of hydrogen-bond acceptors (Lipinski definition) is 1. The Kier molecular flexibility index (Phi) is 7.04. The van der Waals surface area contributed by atoms with Gasteiger partial charge < -0.3 is 14.0 Å². The van der Waals surface area contributed by atoms with Crippen molar-refractivity contribution in [1.82, 2.24) is 9.13 Å². The first kappa shape index (κ1) is 30.0. The summed E-state index contributed by atoms with van der Waals surface area (Å²) in [5.74, 6) is 0. The lowest BCUT2D eigenvalue weighted by Crippen LogP contribution is -2.10. The summed E-state index contributed by atoms with van der Waals surface area (Å²) < 4.78 is 4.67. The Balaban J connectivity index is 1.08. The van der Waals surface area contributed by atoms with Gasteiger partial charge in [-0.1, -0.05) is 121 Å². The minimum Gasteiger partial charge on any atom is -0.344 e. The molecule has 0 aliphatic carbocycles. The van der Waals surface area contributed by atoms with Crippen LogP contribution in [0.2, 0.25) is 0 Å². The summed E-state index contributed by atoms with van der Waals surface area (Å²) in [5, 5.41) is 5.05. The molecule has 2 aromatic heterocycles. The number of benzene rings is 8. The van der Waals surface area contributed by atoms with Gasteiger partial charge in [0.15, 0.2) is 0 Å². The van der Waals surface area contributed by atoms with Crippen molar-refractivity contribution in [1.29, 1.82) is 0 Å². The molecule has 246 valence electrons. The third-order valence-electron chi connectivity index (χ3n) is 10.5. The summed E-state index contributed by atoms with van der Waals surface area (Å²) in [6.45, 7) is 0. The SMILES string of the molecule is Cn1c2ccccc2c2ccc(N(c3ccc(-c4ccccc4)cc3)c3ccc(-c4ccc5c(c4)c4ccccc4n5-c4ccccc4)cc3)cc21. The molecule has 8 aromatic carbocycles. The van der Waals surface area contributed by atoms with E-state index >= 15 is 0 Å². The molecule has 0 aliphatic rings. The van der Waals surface area contributed by atoms with Crippen molar-refractivity contribution in [2.24, 2.45) is 7.05 Å². The lowest BCUT2D eigenvalue weighted by molar-refractivity contribution is 1.01. The fraction of sp³-hybridized carbons (Fsp3) is 0.0204. The molecule has 0 atom stereocenters. The van der Waals surface area contributed by atoms with Crippen LogP contribution in [-0.2, 0) is 7.05 Å². The second-order valence-electron chi connectivity index (χ2n) is 13.5. The van der Waals surface area contributed by atoms with Crippen LogP contribution in [0.3, 0.4) is 0 Å². The molecule has 0 fully saturated rings. The Morgan fingerprint density at radius 3 is 1.50 bits per heavy atom. The van der Waals surface area contributed by atoms with E-state index in [0.29, 0.717) is 0 Å². The van der Waals surface area contributed by atoms with Crippen LogP contribution in [0.5, 0.6) is 0 Å². The molecule has 2 heterocycles. The molecule has 3 heteroatoms. The first-order chi connectivity index (χ1) is 25.7. The second kappa shape index (κ2) is 12.2. The van der Waals surface area contributed by atoms with Crippen LogP contribution in [0.1, 0.15) is 0 Å². The first-order valence-corrected chi connectivity index (χ1v) is 17.8. The average Bonchev–Trinajstić information content (AvgIpc) is 3.70. The van der Waals surface area contributed by atoms with Crippen molar-refractivity contribution < 1.29 is 0 Å². The number of fused-ring (bicyclic) bond motifs is 6. The van der Waals surface area contributed by atoms with Gasteiger partial charge in [-0.3, -0.25) is 0 Å². The van der Waals surface area contributed by atoms with Crippen LogP contribution < -0.4 is 4.90 Å². The molecule has 0 spiro atoms. The molecule has 0 N–H and O–H groups in total. The van der Waals surface area contributed by atoms with E-state index < -0.39 is 0 Å². The molecule has 0 bridgehead atoms. The smallest absolute Gasteiger partial charge is 0.0541 e. The largest absolute Gasteiger partial charge is 0.344 e. The summed E-state index contributed by atoms with van der Waals surface area (Å²) in [6.07, 6.45) is 0. The molecule has 0 saturated carbocycles. The highest BCUT2D eigenvalue weighted by Crippen LogP contribution is 2.40. The highest BCUT2D eigenvalue weighted by molar-refractivity contribution is 6.11. The fourth-order valence-electron chi connectivity index (χ4n) is 7.98. The third-order valence-corrected chi connectivity index (χ3v) is 10.5. The van der Waals surface area contributed by atoms with Gasteiger partial charge in [-0.05, 0) is 95.1 Å². The zero-order valence-electron chi connectivity index (χ0n) is 28.8. The van der Waals surface area contributed by atoms with Gasteiger partial charge in [0.2, 0.25) is 0 Å². The van der Waals surface area contributed by atoms with E-state index in [1.54, 1.807) is 0 Å². The lowest BCUT2D eigenvalue weighted by atomic mass is 10.0. The quantitative estimate of drug-likeness (QED) is 0.172. The number of para-hydroxylation sites is 3. The van der Waals surface area contributed by atoms with Gasteiger partial charge >= 0.3 is 0 Å². The zero-order chi connectivity index (χ0) is 34.6. The molecule has 3 nitrogen and oxygen atoms in total. The topological polar surface area (TPSA) is 13.1 Å². The van der Waals surface area contributed by atoms with E-state index in [2.05, 4.69) is 215 Å². The maximum atomic E-state index is 2.37. The first-order valence-electron chi connectivity index (χ1n) is 17.8. The van der Waals surface area contributed by atoms with Crippen molar-refractivity contribution in [3.63, 3.8) is 0 Å². The van der Waals surface area contributed by atoms with Crippen molar-refractivity contribution in [2.45, 2.75) is 0 Å². The van der Waals surface area contributed by atoms with Crippen molar-refractivity contribution in [3.8, 4) is 27.9 Å². The normalized spacial score (nSPS) is 11.6. The number of rotatable bonds is 6. The van der Waals surface area contributed by atoms with Gasteiger partial charge in [0, 0.05) is 56.9 Å². The summed E-state index contributed by atoms with van der Waals surface area (Å²) in [4.78, 5) is 2.37. The summed E-state index contributed by atoms with van der Waals surface area (Å²) >= 11 is 0. The Morgan fingerprint density at radius 1 is 0.327 bits per heavy atom. The fourth-order valence-corrected chi connectivity index (χ4v) is 7.98. The molecular formula is C49H35N3. The number of aryl methyl sites for hydroxylation is 1. The predicted octanol–water partition coefficient (Wildman–Crippen LogP) is 13.2. The molecule has 0 radical (unpaired) electrons. The van der Waals surface area contributed by atoms with Gasteiger partial charge in [-0.15, -0.1) is 0 Å².